The number of hydrogen-bond acceptors (Lipinski definition) is 1. The van der Waals surface area contributed by atoms with Crippen LogP contribution in [-0.4, -0.2) is 11.2 Å². The highest BCUT2D eigenvalue weighted by atomic mass is 16.3. The fourth-order valence-corrected chi connectivity index (χ4v) is 1.65. The maximum atomic E-state index is 9.68. The molecule has 1 rings (SSSR count). The van der Waals surface area contributed by atoms with Crippen molar-refractivity contribution in [3.8, 4) is 0 Å². The van der Waals surface area contributed by atoms with E-state index in [9.17, 15) is 5.11 Å². The average molecular weight is 180 g/mol. The fourth-order valence-electron chi connectivity index (χ4n) is 1.65. The number of rotatable bonds is 0. The predicted molar refractivity (Wildman–Crippen MR) is 56.6 cm³/mol. The molecule has 74 valence electrons. The standard InChI is InChI=1S/C12H20O/c1-10-6-3-4-9-12(13)11(2)8-5-7-10/h6,8,12-13H,3-5,7,9H2,1-2H3/b10-6+,11-8+. The molecule has 0 aromatic rings. The summed E-state index contributed by atoms with van der Waals surface area (Å²) in [5.74, 6) is 0. The van der Waals surface area contributed by atoms with Crippen LogP contribution in [-0.2, 0) is 0 Å². The van der Waals surface area contributed by atoms with Gasteiger partial charge in [0.2, 0.25) is 0 Å². The monoisotopic (exact) mass is 180 g/mol. The molecule has 1 unspecified atom stereocenters. The molecule has 0 heterocycles. The van der Waals surface area contributed by atoms with E-state index < -0.39 is 0 Å². The summed E-state index contributed by atoms with van der Waals surface area (Å²) in [5, 5.41) is 9.68. The molecular formula is C12H20O. The van der Waals surface area contributed by atoms with Gasteiger partial charge in [-0.3, -0.25) is 0 Å². The molecule has 1 heteroatoms. The van der Waals surface area contributed by atoms with Gasteiger partial charge < -0.3 is 5.11 Å². The van der Waals surface area contributed by atoms with Gasteiger partial charge in [0.25, 0.3) is 0 Å². The van der Waals surface area contributed by atoms with Crippen molar-refractivity contribution in [1.82, 2.24) is 0 Å². The molecule has 0 aromatic carbocycles. The van der Waals surface area contributed by atoms with Crippen LogP contribution in [0.15, 0.2) is 23.3 Å². The first-order chi connectivity index (χ1) is 6.20. The van der Waals surface area contributed by atoms with Crippen LogP contribution in [0.4, 0.5) is 0 Å². The Bertz CT molecular complexity index is 213. The minimum atomic E-state index is -0.202. The zero-order valence-corrected chi connectivity index (χ0v) is 8.71. The van der Waals surface area contributed by atoms with E-state index in [1.807, 2.05) is 6.92 Å². The maximum absolute atomic E-state index is 9.68. The van der Waals surface area contributed by atoms with Crippen molar-refractivity contribution in [2.45, 2.75) is 52.1 Å². The Morgan fingerprint density at radius 2 is 2.00 bits per heavy atom. The molecule has 0 spiro atoms. The Balaban J connectivity index is 2.57. The molecule has 0 bridgehead atoms. The van der Waals surface area contributed by atoms with Gasteiger partial charge in [-0.2, -0.15) is 0 Å². The lowest BCUT2D eigenvalue weighted by molar-refractivity contribution is 0.197. The normalized spacial score (nSPS) is 34.2. The topological polar surface area (TPSA) is 20.2 Å². The van der Waals surface area contributed by atoms with Gasteiger partial charge in [0, 0.05) is 0 Å². The van der Waals surface area contributed by atoms with Crippen LogP contribution < -0.4 is 0 Å². The van der Waals surface area contributed by atoms with Crippen molar-refractivity contribution in [1.29, 1.82) is 0 Å². The van der Waals surface area contributed by atoms with Gasteiger partial charge in [-0.05, 0) is 51.5 Å². The Labute approximate surface area is 81.2 Å². The zero-order chi connectivity index (χ0) is 9.68. The zero-order valence-electron chi connectivity index (χ0n) is 8.71. The number of aliphatic hydroxyl groups is 1. The molecule has 0 aliphatic heterocycles. The molecule has 1 nitrogen and oxygen atoms in total. The van der Waals surface area contributed by atoms with E-state index in [-0.39, 0.29) is 6.10 Å². The van der Waals surface area contributed by atoms with Crippen molar-refractivity contribution in [2.24, 2.45) is 0 Å². The predicted octanol–water partition coefficient (Wildman–Crippen LogP) is 3.20. The molecule has 0 saturated carbocycles. The highest BCUT2D eigenvalue weighted by Gasteiger charge is 2.06. The van der Waals surface area contributed by atoms with Gasteiger partial charge in [0.1, 0.15) is 0 Å². The van der Waals surface area contributed by atoms with Gasteiger partial charge >= 0.3 is 0 Å². The summed E-state index contributed by atoms with van der Waals surface area (Å²) in [7, 11) is 0. The Kier molecular flexibility index (Phi) is 4.23. The Hall–Kier alpha value is -0.560. The SMILES string of the molecule is C/C1=C\CCCC(O)/C(C)=C/CC1. The lowest BCUT2D eigenvalue weighted by atomic mass is 9.99. The van der Waals surface area contributed by atoms with Gasteiger partial charge in [-0.25, -0.2) is 0 Å². The van der Waals surface area contributed by atoms with Crippen molar-refractivity contribution in [3.05, 3.63) is 23.3 Å². The number of hydrogen-bond donors (Lipinski definition) is 1. The summed E-state index contributed by atoms with van der Waals surface area (Å²) < 4.78 is 0. The van der Waals surface area contributed by atoms with Gasteiger partial charge in [-0.1, -0.05) is 17.7 Å². The third-order valence-corrected chi connectivity index (χ3v) is 2.71. The van der Waals surface area contributed by atoms with Gasteiger partial charge in [-0.15, -0.1) is 0 Å². The molecule has 0 radical (unpaired) electrons. The molecule has 1 aliphatic carbocycles. The molecule has 0 fully saturated rings. The van der Waals surface area contributed by atoms with E-state index in [4.69, 9.17) is 0 Å². The van der Waals surface area contributed by atoms with E-state index in [0.29, 0.717) is 0 Å². The minimum absolute atomic E-state index is 0.202. The van der Waals surface area contributed by atoms with Crippen LogP contribution in [0, 0.1) is 0 Å². The largest absolute Gasteiger partial charge is 0.389 e. The van der Waals surface area contributed by atoms with Crippen molar-refractivity contribution in [2.75, 3.05) is 0 Å². The van der Waals surface area contributed by atoms with E-state index >= 15 is 0 Å². The molecule has 0 amide bonds. The van der Waals surface area contributed by atoms with Crippen molar-refractivity contribution < 1.29 is 5.11 Å². The third-order valence-electron chi connectivity index (χ3n) is 2.71. The van der Waals surface area contributed by atoms with Crippen LogP contribution in [0.1, 0.15) is 46.0 Å². The quantitative estimate of drug-likeness (QED) is 0.567. The van der Waals surface area contributed by atoms with E-state index in [1.54, 1.807) is 0 Å². The molecular weight excluding hydrogens is 160 g/mol. The summed E-state index contributed by atoms with van der Waals surface area (Å²) in [5.41, 5.74) is 2.63. The molecule has 1 aliphatic rings. The van der Waals surface area contributed by atoms with Crippen LogP contribution in [0.3, 0.4) is 0 Å². The first kappa shape index (κ1) is 10.5. The first-order valence-corrected chi connectivity index (χ1v) is 5.20. The highest BCUT2D eigenvalue weighted by molar-refractivity contribution is 5.08. The summed E-state index contributed by atoms with van der Waals surface area (Å²) >= 11 is 0. The second kappa shape index (κ2) is 5.23. The lowest BCUT2D eigenvalue weighted by Gasteiger charge is -2.12. The fraction of sp³-hybridized carbons (Fsp3) is 0.667. The second-order valence-electron chi connectivity index (χ2n) is 3.98. The van der Waals surface area contributed by atoms with E-state index in [2.05, 4.69) is 19.1 Å². The summed E-state index contributed by atoms with van der Waals surface area (Å²) in [4.78, 5) is 0. The highest BCUT2D eigenvalue weighted by Crippen LogP contribution is 2.16. The lowest BCUT2D eigenvalue weighted by Crippen LogP contribution is -2.08. The minimum Gasteiger partial charge on any atom is -0.389 e. The molecule has 0 saturated heterocycles. The molecule has 1 atom stereocenters. The molecule has 1 N–H and O–H groups in total. The maximum Gasteiger partial charge on any atom is 0.0747 e. The van der Waals surface area contributed by atoms with E-state index in [1.165, 1.54) is 5.57 Å². The van der Waals surface area contributed by atoms with Gasteiger partial charge in [0.15, 0.2) is 0 Å². The van der Waals surface area contributed by atoms with Gasteiger partial charge in [0.05, 0.1) is 6.10 Å². The summed E-state index contributed by atoms with van der Waals surface area (Å²) in [6.45, 7) is 4.23. The van der Waals surface area contributed by atoms with Crippen molar-refractivity contribution in [3.63, 3.8) is 0 Å². The van der Waals surface area contributed by atoms with Crippen LogP contribution in [0.2, 0.25) is 0 Å². The number of allylic oxidation sites excluding steroid dienone is 3. The summed E-state index contributed by atoms with van der Waals surface area (Å²) in [6.07, 6.45) is 9.63. The smallest absolute Gasteiger partial charge is 0.0747 e. The Morgan fingerprint density at radius 3 is 2.77 bits per heavy atom. The van der Waals surface area contributed by atoms with Crippen LogP contribution >= 0.6 is 0 Å². The molecule has 13 heavy (non-hydrogen) atoms. The molecule has 0 aromatic heterocycles. The van der Waals surface area contributed by atoms with Crippen LogP contribution in [0.5, 0.6) is 0 Å². The summed E-state index contributed by atoms with van der Waals surface area (Å²) in [6, 6.07) is 0. The average Bonchev–Trinajstić information content (AvgIpc) is 2.11. The Morgan fingerprint density at radius 1 is 1.23 bits per heavy atom. The van der Waals surface area contributed by atoms with E-state index in [0.717, 1.165) is 37.7 Å². The number of aliphatic hydroxyl groups excluding tert-OH is 1. The third kappa shape index (κ3) is 3.77. The first-order valence-electron chi connectivity index (χ1n) is 5.20. The van der Waals surface area contributed by atoms with Crippen molar-refractivity contribution >= 4 is 0 Å². The second-order valence-corrected chi connectivity index (χ2v) is 3.98. The van der Waals surface area contributed by atoms with Crippen LogP contribution in [0.25, 0.3) is 0 Å².